The minimum absolute atomic E-state index is 0.0101. The quantitative estimate of drug-likeness (QED) is 0.828. The first-order valence-electron chi connectivity index (χ1n) is 5.32. The van der Waals surface area contributed by atoms with Gasteiger partial charge in [0.05, 0.1) is 5.69 Å². The van der Waals surface area contributed by atoms with E-state index in [-0.39, 0.29) is 11.4 Å². The predicted molar refractivity (Wildman–Crippen MR) is 63.1 cm³/mol. The minimum Gasteiger partial charge on any atom is -0.397 e. The average Bonchev–Trinajstić information content (AvgIpc) is 2.58. The van der Waals surface area contributed by atoms with Gasteiger partial charge in [0.1, 0.15) is 4.88 Å². The minimum atomic E-state index is -0.0101. The van der Waals surface area contributed by atoms with Crippen LogP contribution in [0.5, 0.6) is 0 Å². The van der Waals surface area contributed by atoms with Gasteiger partial charge in [-0.1, -0.05) is 6.92 Å². The van der Waals surface area contributed by atoms with E-state index in [2.05, 4.69) is 12.2 Å². The highest BCUT2D eigenvalue weighted by molar-refractivity contribution is 7.12. The highest BCUT2D eigenvalue weighted by Crippen LogP contribution is 2.35. The van der Waals surface area contributed by atoms with E-state index in [0.717, 1.165) is 19.3 Å². The highest BCUT2D eigenvalue weighted by atomic mass is 32.1. The number of hydrogen-bond donors (Lipinski definition) is 2. The Morgan fingerprint density at radius 2 is 2.40 bits per heavy atom. The van der Waals surface area contributed by atoms with Gasteiger partial charge in [-0.05, 0) is 37.1 Å². The second kappa shape index (κ2) is 3.85. The smallest absolute Gasteiger partial charge is 0.263 e. The molecule has 0 unspecified atom stereocenters. The summed E-state index contributed by atoms with van der Waals surface area (Å²) >= 11 is 1.41. The van der Waals surface area contributed by atoms with Crippen molar-refractivity contribution in [1.82, 2.24) is 5.32 Å². The summed E-state index contributed by atoms with van der Waals surface area (Å²) in [4.78, 5) is 12.6. The van der Waals surface area contributed by atoms with E-state index >= 15 is 0 Å². The zero-order valence-corrected chi connectivity index (χ0v) is 9.69. The molecule has 3 nitrogen and oxygen atoms in total. The number of anilines is 1. The lowest BCUT2D eigenvalue weighted by Crippen LogP contribution is -2.52. The second-order valence-electron chi connectivity index (χ2n) is 4.15. The van der Waals surface area contributed by atoms with Gasteiger partial charge in [-0.15, -0.1) is 11.3 Å². The van der Waals surface area contributed by atoms with E-state index in [1.165, 1.54) is 17.8 Å². The number of nitrogen functional groups attached to an aromatic ring is 1. The van der Waals surface area contributed by atoms with Gasteiger partial charge < -0.3 is 11.1 Å². The second-order valence-corrected chi connectivity index (χ2v) is 5.06. The Balaban J connectivity index is 2.07. The van der Waals surface area contributed by atoms with Gasteiger partial charge in [0.25, 0.3) is 5.91 Å². The van der Waals surface area contributed by atoms with Crippen molar-refractivity contribution in [3.8, 4) is 0 Å². The zero-order valence-electron chi connectivity index (χ0n) is 8.88. The Kier molecular flexibility index (Phi) is 2.69. The summed E-state index contributed by atoms with van der Waals surface area (Å²) in [6.45, 7) is 2.12. The molecule has 0 atom stereocenters. The lowest BCUT2D eigenvalue weighted by molar-refractivity contribution is 0.0825. The zero-order chi connectivity index (χ0) is 10.9. The SMILES string of the molecule is CCC1(NC(=O)c2sccc2N)CCC1. The Morgan fingerprint density at radius 3 is 2.80 bits per heavy atom. The Labute approximate surface area is 93.7 Å². The Bertz CT molecular complexity index is 363. The van der Waals surface area contributed by atoms with Crippen LogP contribution < -0.4 is 11.1 Å². The number of carbonyl (C=O) groups is 1. The van der Waals surface area contributed by atoms with Gasteiger partial charge in [0.2, 0.25) is 0 Å². The number of rotatable bonds is 3. The van der Waals surface area contributed by atoms with Crippen LogP contribution in [0.15, 0.2) is 11.4 Å². The maximum Gasteiger partial charge on any atom is 0.263 e. The number of thiophene rings is 1. The van der Waals surface area contributed by atoms with Crippen molar-refractivity contribution < 1.29 is 4.79 Å². The van der Waals surface area contributed by atoms with Crippen LogP contribution in [0, 0.1) is 0 Å². The maximum atomic E-state index is 11.9. The van der Waals surface area contributed by atoms with Gasteiger partial charge in [-0.2, -0.15) is 0 Å². The first-order valence-corrected chi connectivity index (χ1v) is 6.20. The van der Waals surface area contributed by atoms with Gasteiger partial charge in [0, 0.05) is 5.54 Å². The van der Waals surface area contributed by atoms with Gasteiger partial charge >= 0.3 is 0 Å². The van der Waals surface area contributed by atoms with E-state index in [9.17, 15) is 4.79 Å². The number of nitrogens with one attached hydrogen (secondary N) is 1. The molecule has 82 valence electrons. The van der Waals surface area contributed by atoms with Crippen molar-refractivity contribution in [1.29, 1.82) is 0 Å². The van der Waals surface area contributed by atoms with E-state index in [1.807, 2.05) is 5.38 Å². The first-order chi connectivity index (χ1) is 7.17. The number of hydrogen-bond acceptors (Lipinski definition) is 3. The molecule has 1 aliphatic rings. The summed E-state index contributed by atoms with van der Waals surface area (Å²) in [5.74, 6) is -0.0101. The van der Waals surface area contributed by atoms with Crippen LogP contribution >= 0.6 is 11.3 Å². The van der Waals surface area contributed by atoms with Crippen LogP contribution in [0.2, 0.25) is 0 Å². The van der Waals surface area contributed by atoms with Crippen LogP contribution in [0.3, 0.4) is 0 Å². The molecule has 1 aromatic heterocycles. The van der Waals surface area contributed by atoms with Crippen molar-refractivity contribution in [3.63, 3.8) is 0 Å². The van der Waals surface area contributed by atoms with Crippen LogP contribution in [0.1, 0.15) is 42.3 Å². The molecule has 2 rings (SSSR count). The molecule has 3 N–H and O–H groups in total. The molecule has 15 heavy (non-hydrogen) atoms. The molecule has 0 aliphatic heterocycles. The maximum absolute atomic E-state index is 11.9. The summed E-state index contributed by atoms with van der Waals surface area (Å²) in [5.41, 5.74) is 6.35. The number of carbonyl (C=O) groups excluding carboxylic acids is 1. The van der Waals surface area contributed by atoms with Gasteiger partial charge in [-0.3, -0.25) is 4.79 Å². The van der Waals surface area contributed by atoms with Crippen molar-refractivity contribution >= 4 is 22.9 Å². The molecule has 1 amide bonds. The Hall–Kier alpha value is -1.03. The molecule has 0 saturated heterocycles. The largest absolute Gasteiger partial charge is 0.397 e. The molecule has 4 heteroatoms. The van der Waals surface area contributed by atoms with Crippen LogP contribution in [0.25, 0.3) is 0 Å². The number of nitrogens with two attached hydrogens (primary N) is 1. The van der Waals surface area contributed by atoms with Gasteiger partial charge in [0.15, 0.2) is 0 Å². The summed E-state index contributed by atoms with van der Waals surface area (Å²) < 4.78 is 0. The summed E-state index contributed by atoms with van der Waals surface area (Å²) in [6, 6.07) is 1.78. The topological polar surface area (TPSA) is 55.1 Å². The molecule has 0 radical (unpaired) electrons. The normalized spacial score (nSPS) is 18.2. The average molecular weight is 224 g/mol. The molecule has 1 fully saturated rings. The summed E-state index contributed by atoms with van der Waals surface area (Å²) in [7, 11) is 0. The van der Waals surface area contributed by atoms with Crippen LogP contribution in [-0.2, 0) is 0 Å². The van der Waals surface area contributed by atoms with Crippen molar-refractivity contribution in [2.75, 3.05) is 5.73 Å². The summed E-state index contributed by atoms with van der Waals surface area (Å²) in [5, 5.41) is 4.97. The fourth-order valence-corrected chi connectivity index (χ4v) is 2.68. The standard InChI is InChI=1S/C11H16N2OS/c1-2-11(5-3-6-11)13-10(14)9-8(12)4-7-15-9/h4,7H,2-3,5-6,12H2,1H3,(H,13,14). The lowest BCUT2D eigenvalue weighted by Gasteiger charge is -2.41. The fraction of sp³-hybridized carbons (Fsp3) is 0.545. The Morgan fingerprint density at radius 1 is 1.67 bits per heavy atom. The molecule has 0 aromatic carbocycles. The molecule has 1 aromatic rings. The molecule has 1 saturated carbocycles. The number of amides is 1. The summed E-state index contributed by atoms with van der Waals surface area (Å²) in [6.07, 6.45) is 4.42. The highest BCUT2D eigenvalue weighted by Gasteiger charge is 2.36. The van der Waals surface area contributed by atoms with E-state index in [4.69, 9.17) is 5.73 Å². The molecule has 1 aliphatic carbocycles. The molecule has 1 heterocycles. The molecular formula is C11H16N2OS. The van der Waals surface area contributed by atoms with Crippen LogP contribution in [0.4, 0.5) is 5.69 Å². The van der Waals surface area contributed by atoms with Crippen molar-refractivity contribution in [3.05, 3.63) is 16.3 Å². The predicted octanol–water partition coefficient (Wildman–Crippen LogP) is 2.39. The third-order valence-electron chi connectivity index (χ3n) is 3.27. The molecular weight excluding hydrogens is 208 g/mol. The van der Waals surface area contributed by atoms with E-state index < -0.39 is 0 Å². The van der Waals surface area contributed by atoms with Crippen LogP contribution in [-0.4, -0.2) is 11.4 Å². The fourth-order valence-electron chi connectivity index (χ4n) is 1.97. The first kappa shape index (κ1) is 10.5. The molecule has 0 spiro atoms. The third-order valence-corrected chi connectivity index (χ3v) is 4.20. The monoisotopic (exact) mass is 224 g/mol. The molecule has 0 bridgehead atoms. The van der Waals surface area contributed by atoms with Crippen molar-refractivity contribution in [2.24, 2.45) is 0 Å². The van der Waals surface area contributed by atoms with E-state index in [1.54, 1.807) is 6.07 Å². The third kappa shape index (κ3) is 1.86. The lowest BCUT2D eigenvalue weighted by atomic mass is 9.75. The van der Waals surface area contributed by atoms with Gasteiger partial charge in [-0.25, -0.2) is 0 Å². The van der Waals surface area contributed by atoms with E-state index in [0.29, 0.717) is 10.6 Å². The van der Waals surface area contributed by atoms with Crippen molar-refractivity contribution in [2.45, 2.75) is 38.1 Å².